The van der Waals surface area contributed by atoms with Crippen LogP contribution in [0.15, 0.2) is 30.3 Å². The van der Waals surface area contributed by atoms with Gasteiger partial charge in [-0.15, -0.1) is 10.2 Å². The first-order valence-corrected chi connectivity index (χ1v) is 10.3. The van der Waals surface area contributed by atoms with Crippen LogP contribution in [-0.4, -0.2) is 35.3 Å². The fourth-order valence-corrected chi connectivity index (χ4v) is 3.79. The largest absolute Gasteiger partial charge is 0.390 e. The lowest BCUT2D eigenvalue weighted by Crippen LogP contribution is -2.19. The Labute approximate surface area is 173 Å². The molecule has 0 amide bonds. The van der Waals surface area contributed by atoms with Gasteiger partial charge in [0.1, 0.15) is 11.3 Å². The van der Waals surface area contributed by atoms with Crippen molar-refractivity contribution in [1.29, 1.82) is 0 Å². The molecule has 0 atom stereocenters. The van der Waals surface area contributed by atoms with Gasteiger partial charge in [0.2, 0.25) is 0 Å². The number of halogens is 1. The predicted molar refractivity (Wildman–Crippen MR) is 113 cm³/mol. The maximum Gasteiger partial charge on any atom is 0.184 e. The second-order valence-electron chi connectivity index (χ2n) is 8.86. The molecule has 0 aliphatic heterocycles. The van der Waals surface area contributed by atoms with Crippen molar-refractivity contribution < 1.29 is 9.50 Å². The van der Waals surface area contributed by atoms with Crippen LogP contribution in [0.3, 0.4) is 0 Å². The second-order valence-corrected chi connectivity index (χ2v) is 8.86. The molecule has 1 fully saturated rings. The van der Waals surface area contributed by atoms with Crippen LogP contribution >= 0.6 is 0 Å². The first kappa shape index (κ1) is 19.1. The van der Waals surface area contributed by atoms with Gasteiger partial charge in [0.25, 0.3) is 0 Å². The van der Waals surface area contributed by atoms with E-state index in [1.54, 1.807) is 26.0 Å². The van der Waals surface area contributed by atoms with Gasteiger partial charge < -0.3 is 5.11 Å². The lowest BCUT2D eigenvalue weighted by Gasteiger charge is -2.17. The topological polar surface area (TPSA) is 76.2 Å². The van der Waals surface area contributed by atoms with Crippen LogP contribution in [0.25, 0.3) is 28.2 Å². The first-order valence-electron chi connectivity index (χ1n) is 10.3. The molecule has 0 unspecified atom stereocenters. The fourth-order valence-electron chi connectivity index (χ4n) is 3.79. The molecule has 1 aromatic carbocycles. The molecule has 4 aromatic rings. The van der Waals surface area contributed by atoms with E-state index in [-0.39, 0.29) is 5.82 Å². The lowest BCUT2D eigenvalue weighted by molar-refractivity contribution is 0.0714. The smallest absolute Gasteiger partial charge is 0.184 e. The van der Waals surface area contributed by atoms with E-state index >= 15 is 0 Å². The van der Waals surface area contributed by atoms with Crippen molar-refractivity contribution in [3.05, 3.63) is 53.1 Å². The Hall–Kier alpha value is -2.93. The molecule has 0 radical (unpaired) electrons. The van der Waals surface area contributed by atoms with Crippen molar-refractivity contribution in [3.63, 3.8) is 0 Å². The highest BCUT2D eigenvalue weighted by atomic mass is 19.1. The molecule has 3 aromatic heterocycles. The monoisotopic (exact) mass is 405 g/mol. The van der Waals surface area contributed by atoms with Crippen LogP contribution in [0.5, 0.6) is 0 Å². The summed E-state index contributed by atoms with van der Waals surface area (Å²) < 4.78 is 16.7. The average Bonchev–Trinajstić information content (AvgIpc) is 3.45. The van der Waals surface area contributed by atoms with E-state index in [0.29, 0.717) is 41.4 Å². The summed E-state index contributed by atoms with van der Waals surface area (Å²) in [6.45, 7) is 5.42. The van der Waals surface area contributed by atoms with Gasteiger partial charge in [-0.25, -0.2) is 14.4 Å². The number of nitrogens with zero attached hydrogens (tertiary/aromatic N) is 5. The molecule has 5 rings (SSSR count). The Bertz CT molecular complexity index is 1270. The minimum Gasteiger partial charge on any atom is -0.390 e. The number of rotatable bonds is 5. The van der Waals surface area contributed by atoms with Crippen LogP contribution in [-0.2, 0) is 6.42 Å². The Morgan fingerprint density at radius 2 is 1.90 bits per heavy atom. The standard InChI is InChI=1S/C23H24FN5O/c1-13-20-27-28-21(16-12-14(4-7-17(16)24)10-11-23(2,3)30)29(20)22-19(25-13)9-8-18(26-22)15-5-6-15/h4,7-9,12,15,30H,5-6,10-11H2,1-3H3. The molecular formula is C23H24FN5O. The molecule has 1 saturated carbocycles. The Morgan fingerprint density at radius 3 is 2.63 bits per heavy atom. The van der Waals surface area contributed by atoms with Crippen molar-refractivity contribution in [2.45, 2.75) is 58.0 Å². The predicted octanol–water partition coefficient (Wildman–Crippen LogP) is 4.37. The zero-order chi connectivity index (χ0) is 21.0. The van der Waals surface area contributed by atoms with Crippen LogP contribution < -0.4 is 0 Å². The number of benzene rings is 1. The third kappa shape index (κ3) is 3.43. The molecule has 1 aliphatic carbocycles. The van der Waals surface area contributed by atoms with Crippen LogP contribution in [0, 0.1) is 12.7 Å². The van der Waals surface area contributed by atoms with Crippen molar-refractivity contribution >= 4 is 16.8 Å². The van der Waals surface area contributed by atoms with Gasteiger partial charge in [0, 0.05) is 11.6 Å². The third-order valence-corrected chi connectivity index (χ3v) is 5.66. The fraction of sp³-hybridized carbons (Fsp3) is 0.391. The molecule has 0 bridgehead atoms. The van der Waals surface area contributed by atoms with E-state index in [1.807, 2.05) is 23.5 Å². The number of hydrogen-bond donors (Lipinski definition) is 1. The highest BCUT2D eigenvalue weighted by Crippen LogP contribution is 2.39. The Kier molecular flexibility index (Phi) is 4.32. The van der Waals surface area contributed by atoms with Crippen molar-refractivity contribution in [2.24, 2.45) is 0 Å². The summed E-state index contributed by atoms with van der Waals surface area (Å²) in [6, 6.07) is 9.00. The van der Waals surface area contributed by atoms with E-state index in [9.17, 15) is 9.50 Å². The van der Waals surface area contributed by atoms with Gasteiger partial charge in [0.05, 0.1) is 16.9 Å². The first-order chi connectivity index (χ1) is 14.3. The number of hydrogen-bond acceptors (Lipinski definition) is 5. The van der Waals surface area contributed by atoms with Gasteiger partial charge in [-0.05, 0) is 76.3 Å². The SMILES string of the molecule is Cc1nc2ccc(C3CC3)nc2n2c(-c3cc(CCC(C)(C)O)ccc3F)nnc12. The van der Waals surface area contributed by atoms with Crippen molar-refractivity contribution in [3.8, 4) is 11.4 Å². The van der Waals surface area contributed by atoms with E-state index in [4.69, 9.17) is 4.98 Å². The van der Waals surface area contributed by atoms with Crippen molar-refractivity contribution in [2.75, 3.05) is 0 Å². The van der Waals surface area contributed by atoms with E-state index in [2.05, 4.69) is 15.2 Å². The summed E-state index contributed by atoms with van der Waals surface area (Å²) in [5, 5.41) is 18.7. The van der Waals surface area contributed by atoms with Crippen LogP contribution in [0.4, 0.5) is 4.39 Å². The number of aryl methyl sites for hydroxylation is 2. The molecule has 7 heteroatoms. The summed E-state index contributed by atoms with van der Waals surface area (Å²) in [4.78, 5) is 9.47. The van der Waals surface area contributed by atoms with E-state index in [1.165, 1.54) is 6.07 Å². The summed E-state index contributed by atoms with van der Waals surface area (Å²) in [7, 11) is 0. The molecule has 30 heavy (non-hydrogen) atoms. The van der Waals surface area contributed by atoms with Crippen molar-refractivity contribution in [1.82, 2.24) is 24.6 Å². The quantitative estimate of drug-likeness (QED) is 0.534. The highest BCUT2D eigenvalue weighted by molar-refractivity contribution is 5.78. The number of fused-ring (bicyclic) bond motifs is 3. The maximum absolute atomic E-state index is 14.9. The maximum atomic E-state index is 14.9. The Balaban J connectivity index is 1.69. The zero-order valence-electron chi connectivity index (χ0n) is 17.4. The van der Waals surface area contributed by atoms with Gasteiger partial charge in [-0.3, -0.25) is 4.40 Å². The zero-order valence-corrected chi connectivity index (χ0v) is 17.4. The van der Waals surface area contributed by atoms with Gasteiger partial charge >= 0.3 is 0 Å². The molecule has 154 valence electrons. The van der Waals surface area contributed by atoms with Gasteiger partial charge in [-0.2, -0.15) is 0 Å². The summed E-state index contributed by atoms with van der Waals surface area (Å²) in [6.07, 6.45) is 3.51. The number of aromatic nitrogens is 5. The minimum atomic E-state index is -0.780. The normalized spacial score (nSPS) is 14.7. The van der Waals surface area contributed by atoms with Crippen LogP contribution in [0.1, 0.15) is 56.0 Å². The summed E-state index contributed by atoms with van der Waals surface area (Å²) >= 11 is 0. The molecule has 0 saturated heterocycles. The molecule has 1 N–H and O–H groups in total. The van der Waals surface area contributed by atoms with Gasteiger partial charge in [0.15, 0.2) is 17.1 Å². The van der Waals surface area contributed by atoms with Crippen LogP contribution in [0.2, 0.25) is 0 Å². The Morgan fingerprint density at radius 1 is 1.10 bits per heavy atom. The molecule has 1 aliphatic rings. The highest BCUT2D eigenvalue weighted by Gasteiger charge is 2.26. The third-order valence-electron chi connectivity index (χ3n) is 5.66. The average molecular weight is 405 g/mol. The van der Waals surface area contributed by atoms with E-state index < -0.39 is 5.60 Å². The molecule has 0 spiro atoms. The summed E-state index contributed by atoms with van der Waals surface area (Å²) in [5.74, 6) is 0.549. The van der Waals surface area contributed by atoms with E-state index in [0.717, 1.165) is 35.3 Å². The summed E-state index contributed by atoms with van der Waals surface area (Å²) in [5.41, 5.74) is 4.27. The molecule has 3 heterocycles. The van der Waals surface area contributed by atoms with Gasteiger partial charge in [-0.1, -0.05) is 6.07 Å². The number of aliphatic hydroxyl groups is 1. The minimum absolute atomic E-state index is 0.364. The lowest BCUT2D eigenvalue weighted by atomic mass is 9.97. The second kappa shape index (κ2) is 6.80. The number of pyridine rings is 1. The molecule has 6 nitrogen and oxygen atoms in total. The molecular weight excluding hydrogens is 381 g/mol.